The number of aliphatic carboxylic acids is 1. The Morgan fingerprint density at radius 1 is 0.760 bits per heavy atom. The highest BCUT2D eigenvalue weighted by molar-refractivity contribution is 5.86. The van der Waals surface area contributed by atoms with Crippen LogP contribution in [0.25, 0.3) is 0 Å². The van der Waals surface area contributed by atoms with Crippen molar-refractivity contribution in [3.05, 3.63) is 102 Å². The van der Waals surface area contributed by atoms with E-state index < -0.39 is 17.9 Å². The Bertz CT molecular complexity index is 765. The van der Waals surface area contributed by atoms with Gasteiger partial charge in [-0.3, -0.25) is 9.78 Å². The molecule has 5 heteroatoms. The summed E-state index contributed by atoms with van der Waals surface area (Å²) in [4.78, 5) is 25.1. The van der Waals surface area contributed by atoms with Gasteiger partial charge in [0.15, 0.2) is 0 Å². The number of aromatic carboxylic acids is 1. The molecule has 1 heterocycles. The summed E-state index contributed by atoms with van der Waals surface area (Å²) < 4.78 is 0. The predicted molar refractivity (Wildman–Crippen MR) is 93.6 cm³/mol. The number of aromatic nitrogens is 1. The van der Waals surface area contributed by atoms with Gasteiger partial charge >= 0.3 is 11.9 Å². The van der Waals surface area contributed by atoms with E-state index in [1.165, 1.54) is 18.5 Å². The molecule has 126 valence electrons. The van der Waals surface area contributed by atoms with Crippen molar-refractivity contribution in [2.24, 2.45) is 0 Å². The van der Waals surface area contributed by atoms with Crippen molar-refractivity contribution >= 4 is 11.9 Å². The minimum atomic E-state index is -0.942. The minimum Gasteiger partial charge on any atom is -0.481 e. The summed E-state index contributed by atoms with van der Waals surface area (Å²) in [5.41, 5.74) is 1.83. The van der Waals surface area contributed by atoms with Crippen molar-refractivity contribution in [3.63, 3.8) is 0 Å². The van der Waals surface area contributed by atoms with Crippen LogP contribution in [0.15, 0.2) is 85.2 Å². The van der Waals surface area contributed by atoms with E-state index in [1.807, 2.05) is 60.7 Å². The molecule has 2 N–H and O–H groups in total. The molecule has 2 aromatic carbocycles. The zero-order valence-electron chi connectivity index (χ0n) is 13.3. The van der Waals surface area contributed by atoms with Gasteiger partial charge < -0.3 is 10.2 Å². The third kappa shape index (κ3) is 5.28. The molecule has 0 saturated carbocycles. The molecule has 0 aliphatic rings. The van der Waals surface area contributed by atoms with Crippen molar-refractivity contribution in [3.8, 4) is 0 Å². The van der Waals surface area contributed by atoms with Gasteiger partial charge in [0, 0.05) is 12.4 Å². The molecule has 0 aliphatic carbocycles. The summed E-state index contributed by atoms with van der Waals surface area (Å²) in [5.74, 6) is -2.34. The second-order valence-corrected chi connectivity index (χ2v) is 5.14. The second kappa shape index (κ2) is 8.98. The minimum absolute atomic E-state index is 0.220. The van der Waals surface area contributed by atoms with Crippen LogP contribution in [-0.4, -0.2) is 27.1 Å². The van der Waals surface area contributed by atoms with Crippen LogP contribution in [0.1, 0.15) is 27.4 Å². The van der Waals surface area contributed by atoms with E-state index in [4.69, 9.17) is 5.11 Å². The van der Waals surface area contributed by atoms with E-state index in [9.17, 15) is 14.7 Å². The highest BCUT2D eigenvalue weighted by Gasteiger charge is 2.21. The average molecular weight is 335 g/mol. The second-order valence-electron chi connectivity index (χ2n) is 5.14. The Kier molecular flexibility index (Phi) is 6.42. The van der Waals surface area contributed by atoms with Crippen LogP contribution >= 0.6 is 0 Å². The summed E-state index contributed by atoms with van der Waals surface area (Å²) in [6, 6.07) is 21.6. The number of carboxylic acids is 2. The van der Waals surface area contributed by atoms with Gasteiger partial charge in [0.2, 0.25) is 0 Å². The van der Waals surface area contributed by atoms with Crippen LogP contribution in [-0.2, 0) is 4.79 Å². The fourth-order valence-electron chi connectivity index (χ4n) is 2.26. The summed E-state index contributed by atoms with van der Waals surface area (Å²) in [7, 11) is 0. The number of nitrogens with zero attached hydrogens (tertiary/aromatic N) is 1. The van der Waals surface area contributed by atoms with E-state index in [0.29, 0.717) is 0 Å². The van der Waals surface area contributed by atoms with Crippen LogP contribution in [0.4, 0.5) is 0 Å². The first-order chi connectivity index (χ1) is 12.1. The van der Waals surface area contributed by atoms with Crippen molar-refractivity contribution < 1.29 is 19.8 Å². The highest BCUT2D eigenvalue weighted by atomic mass is 16.4. The Morgan fingerprint density at radius 3 is 1.60 bits per heavy atom. The molecule has 3 aromatic rings. The largest absolute Gasteiger partial charge is 0.481 e. The van der Waals surface area contributed by atoms with Gasteiger partial charge in [0.1, 0.15) is 5.92 Å². The number of hydrogen-bond donors (Lipinski definition) is 2. The lowest BCUT2D eigenvalue weighted by Crippen LogP contribution is -2.12. The molecule has 0 bridgehead atoms. The van der Waals surface area contributed by atoms with E-state index in [-0.39, 0.29) is 5.56 Å². The zero-order chi connectivity index (χ0) is 18.1. The molecule has 0 aliphatic heterocycles. The van der Waals surface area contributed by atoms with Crippen LogP contribution in [0.3, 0.4) is 0 Å². The van der Waals surface area contributed by atoms with Gasteiger partial charge in [-0.15, -0.1) is 0 Å². The molecule has 0 atom stereocenters. The first-order valence-corrected chi connectivity index (χ1v) is 7.55. The smallest absolute Gasteiger partial charge is 0.337 e. The maximum Gasteiger partial charge on any atom is 0.337 e. The van der Waals surface area contributed by atoms with Gasteiger partial charge in [0.25, 0.3) is 0 Å². The lowest BCUT2D eigenvalue weighted by atomic mass is 9.92. The van der Waals surface area contributed by atoms with E-state index >= 15 is 0 Å². The van der Waals surface area contributed by atoms with E-state index in [1.54, 1.807) is 6.07 Å². The normalized spacial score (nSPS) is 9.80. The first-order valence-electron chi connectivity index (χ1n) is 7.55. The molecule has 0 amide bonds. The average Bonchev–Trinajstić information content (AvgIpc) is 2.65. The summed E-state index contributed by atoms with van der Waals surface area (Å²) in [5, 5.41) is 17.6. The standard InChI is InChI=1S/C14H12O2.C6H5NO2/c15-14(16)13(11-7-3-1-4-8-11)12-9-5-2-6-10-12;8-6(9)5-2-1-3-7-4-5/h1-10,13H,(H,15,16);1-4H,(H,8,9). The number of hydrogen-bond acceptors (Lipinski definition) is 3. The number of rotatable bonds is 4. The van der Waals surface area contributed by atoms with Crippen LogP contribution in [0.5, 0.6) is 0 Å². The first kappa shape index (κ1) is 17.9. The molecule has 25 heavy (non-hydrogen) atoms. The van der Waals surface area contributed by atoms with Gasteiger partial charge in [-0.2, -0.15) is 0 Å². The van der Waals surface area contributed by atoms with Crippen LogP contribution < -0.4 is 0 Å². The zero-order valence-corrected chi connectivity index (χ0v) is 13.3. The quantitative estimate of drug-likeness (QED) is 0.759. The van der Waals surface area contributed by atoms with Crippen LogP contribution in [0.2, 0.25) is 0 Å². The number of benzene rings is 2. The van der Waals surface area contributed by atoms with Gasteiger partial charge in [-0.1, -0.05) is 60.7 Å². The maximum atomic E-state index is 11.3. The van der Waals surface area contributed by atoms with E-state index in [2.05, 4.69) is 4.98 Å². The van der Waals surface area contributed by atoms with E-state index in [0.717, 1.165) is 11.1 Å². The molecule has 1 aromatic heterocycles. The fourth-order valence-corrected chi connectivity index (χ4v) is 2.26. The third-order valence-electron chi connectivity index (χ3n) is 3.42. The number of carbonyl (C=O) groups is 2. The molecule has 0 saturated heterocycles. The topological polar surface area (TPSA) is 87.5 Å². The summed E-state index contributed by atoms with van der Waals surface area (Å²) >= 11 is 0. The SMILES string of the molecule is O=C(O)C(c1ccccc1)c1ccccc1.O=C(O)c1cccnc1. The number of pyridine rings is 1. The maximum absolute atomic E-state index is 11.3. The molecule has 3 rings (SSSR count). The molecule has 5 nitrogen and oxygen atoms in total. The molecule has 0 unspecified atom stereocenters. The lowest BCUT2D eigenvalue weighted by Gasteiger charge is -2.12. The van der Waals surface area contributed by atoms with Crippen molar-refractivity contribution in [2.45, 2.75) is 5.92 Å². The monoisotopic (exact) mass is 335 g/mol. The van der Waals surface area contributed by atoms with Gasteiger partial charge in [-0.25, -0.2) is 4.79 Å². The third-order valence-corrected chi connectivity index (χ3v) is 3.42. The van der Waals surface area contributed by atoms with Gasteiger partial charge in [-0.05, 0) is 23.3 Å². The summed E-state index contributed by atoms with van der Waals surface area (Å²) in [6.45, 7) is 0. The van der Waals surface area contributed by atoms with Crippen molar-refractivity contribution in [1.82, 2.24) is 4.98 Å². The Hall–Kier alpha value is -3.47. The lowest BCUT2D eigenvalue weighted by molar-refractivity contribution is -0.137. The highest BCUT2D eigenvalue weighted by Crippen LogP contribution is 2.24. The molecular formula is C20H17NO4. The fraction of sp³-hybridized carbons (Fsp3) is 0.0500. The predicted octanol–water partition coefficient (Wildman–Crippen LogP) is 3.68. The molecule has 0 fully saturated rings. The molecule has 0 spiro atoms. The molecular weight excluding hydrogens is 318 g/mol. The van der Waals surface area contributed by atoms with Crippen molar-refractivity contribution in [2.75, 3.05) is 0 Å². The van der Waals surface area contributed by atoms with Crippen molar-refractivity contribution in [1.29, 1.82) is 0 Å². The number of carboxylic acid groups (broad SMARTS) is 2. The van der Waals surface area contributed by atoms with Crippen LogP contribution in [0, 0.1) is 0 Å². The Morgan fingerprint density at radius 2 is 1.28 bits per heavy atom. The summed E-state index contributed by atoms with van der Waals surface area (Å²) in [6.07, 6.45) is 2.84. The molecule has 0 radical (unpaired) electrons. The Labute approximate surface area is 145 Å². The van der Waals surface area contributed by atoms with Gasteiger partial charge in [0.05, 0.1) is 5.56 Å². The Balaban J connectivity index is 0.000000212.